The molecular formula is C42H54N2O7. The van der Waals surface area contributed by atoms with Crippen LogP contribution < -0.4 is 14.2 Å². The second kappa shape index (κ2) is 18.2. The van der Waals surface area contributed by atoms with Gasteiger partial charge in [0.05, 0.1) is 33.4 Å². The van der Waals surface area contributed by atoms with Gasteiger partial charge in [0.1, 0.15) is 24.5 Å². The maximum absolute atomic E-state index is 14.3. The molecule has 2 saturated heterocycles. The van der Waals surface area contributed by atoms with Crippen molar-refractivity contribution in [2.75, 3.05) is 60.2 Å². The largest absolute Gasteiger partial charge is 0.493 e. The van der Waals surface area contributed by atoms with E-state index in [4.69, 9.17) is 23.7 Å². The molecule has 3 aromatic carbocycles. The molecule has 0 N–H and O–H groups in total. The van der Waals surface area contributed by atoms with Gasteiger partial charge >= 0.3 is 5.97 Å². The lowest BCUT2D eigenvalue weighted by atomic mass is 9.92. The number of carbonyl (C=O) groups is 2. The molecule has 0 saturated carbocycles. The number of esters is 1. The fourth-order valence-corrected chi connectivity index (χ4v) is 7.10. The lowest BCUT2D eigenvalue weighted by Crippen LogP contribution is -2.44. The second-order valence-electron chi connectivity index (χ2n) is 13.6. The molecule has 9 nitrogen and oxygen atoms in total. The Kier molecular flexibility index (Phi) is 13.6. The van der Waals surface area contributed by atoms with Gasteiger partial charge in [-0.15, -0.1) is 6.58 Å². The minimum Gasteiger partial charge on any atom is -0.493 e. The van der Waals surface area contributed by atoms with Gasteiger partial charge in [0.25, 0.3) is 0 Å². The fourth-order valence-electron chi connectivity index (χ4n) is 7.10. The first-order chi connectivity index (χ1) is 24.7. The summed E-state index contributed by atoms with van der Waals surface area (Å²) >= 11 is 0. The van der Waals surface area contributed by atoms with E-state index in [9.17, 15) is 9.59 Å². The zero-order chi connectivity index (χ0) is 36.3. The molecule has 2 aliphatic heterocycles. The number of methoxy groups -OCH3 is 2. The Morgan fingerprint density at radius 2 is 1.75 bits per heavy atom. The minimum atomic E-state index is -0.678. The first-order valence-electron chi connectivity index (χ1n) is 18.2. The highest BCUT2D eigenvalue weighted by molar-refractivity contribution is 5.89. The zero-order valence-corrected chi connectivity index (χ0v) is 31.0. The van der Waals surface area contributed by atoms with E-state index in [1.54, 1.807) is 25.2 Å². The number of hydrogen-bond acceptors (Lipinski definition) is 8. The monoisotopic (exact) mass is 698 g/mol. The summed E-state index contributed by atoms with van der Waals surface area (Å²) < 4.78 is 29.2. The minimum absolute atomic E-state index is 0.122. The summed E-state index contributed by atoms with van der Waals surface area (Å²) in [6.07, 6.45) is 4.24. The number of carbonyl (C=O) groups excluding carboxylic acids is 2. The van der Waals surface area contributed by atoms with Gasteiger partial charge in [-0.1, -0.05) is 42.5 Å². The van der Waals surface area contributed by atoms with E-state index in [2.05, 4.69) is 43.5 Å². The molecule has 2 aliphatic rings. The molecule has 274 valence electrons. The number of amides is 1. The van der Waals surface area contributed by atoms with Crippen molar-refractivity contribution in [2.45, 2.75) is 70.9 Å². The molecule has 2 fully saturated rings. The molecular weight excluding hydrogens is 644 g/mol. The van der Waals surface area contributed by atoms with Crippen LogP contribution in [0.5, 0.6) is 17.2 Å². The Bertz CT molecular complexity index is 1650. The van der Waals surface area contributed by atoms with Crippen molar-refractivity contribution >= 4 is 11.9 Å². The van der Waals surface area contributed by atoms with E-state index < -0.39 is 18.1 Å². The summed E-state index contributed by atoms with van der Waals surface area (Å²) in [5, 5.41) is 0. The standard InChI is InChI=1S/C42H54N2O7/c1-7-10-36(34-26-31(4)40(48-6)39(28-34)47-5)41(45)44-18-9-13-37(44)42(46)51-38(17-16-32-15-14-29(2)30(3)25-32)33-11-8-12-35(27-33)50-24-21-43-19-22-49-23-20-43/h7-8,11-12,14-15,25-28,36-38H,1,9-10,13,16-24H2,2-6H3/t36-,37-,38?/m0/s1. The summed E-state index contributed by atoms with van der Waals surface area (Å²) in [7, 11) is 3.18. The number of morpholine rings is 1. The lowest BCUT2D eigenvalue weighted by molar-refractivity contribution is -0.159. The number of allylic oxidation sites excluding steroid dienone is 1. The lowest BCUT2D eigenvalue weighted by Gasteiger charge is -2.29. The molecule has 2 heterocycles. The van der Waals surface area contributed by atoms with E-state index in [1.807, 2.05) is 43.3 Å². The topological polar surface area (TPSA) is 86.8 Å². The van der Waals surface area contributed by atoms with Crippen molar-refractivity contribution in [1.82, 2.24) is 9.80 Å². The highest BCUT2D eigenvalue weighted by Gasteiger charge is 2.39. The predicted molar refractivity (Wildman–Crippen MR) is 199 cm³/mol. The van der Waals surface area contributed by atoms with Crippen LogP contribution >= 0.6 is 0 Å². The van der Waals surface area contributed by atoms with Gasteiger partial charge in [-0.05, 0) is 104 Å². The maximum atomic E-state index is 14.3. The van der Waals surface area contributed by atoms with Gasteiger partial charge in [0.2, 0.25) is 5.91 Å². The van der Waals surface area contributed by atoms with Gasteiger partial charge < -0.3 is 28.6 Å². The molecule has 5 rings (SSSR count). The van der Waals surface area contributed by atoms with Crippen LogP contribution in [0.1, 0.15) is 71.1 Å². The molecule has 0 aromatic heterocycles. The number of likely N-dealkylation sites (tertiary alicyclic amines) is 1. The van der Waals surface area contributed by atoms with Crippen molar-refractivity contribution < 1.29 is 33.3 Å². The van der Waals surface area contributed by atoms with Gasteiger partial charge in [0.15, 0.2) is 11.5 Å². The molecule has 0 radical (unpaired) electrons. The van der Waals surface area contributed by atoms with Crippen molar-refractivity contribution in [1.29, 1.82) is 0 Å². The molecule has 3 atom stereocenters. The first-order valence-corrected chi connectivity index (χ1v) is 18.2. The van der Waals surface area contributed by atoms with Gasteiger partial charge in [-0.2, -0.15) is 0 Å². The van der Waals surface area contributed by atoms with Crippen LogP contribution in [0.25, 0.3) is 0 Å². The van der Waals surface area contributed by atoms with E-state index >= 15 is 0 Å². The van der Waals surface area contributed by atoms with Gasteiger partial charge in [-0.3, -0.25) is 9.69 Å². The number of hydrogen-bond donors (Lipinski definition) is 0. The Hall–Kier alpha value is -4.34. The van der Waals surface area contributed by atoms with E-state index in [-0.39, 0.29) is 11.9 Å². The normalized spacial score (nSPS) is 17.4. The fraction of sp³-hybridized carbons (Fsp3) is 0.476. The Labute approximate surface area is 303 Å². The molecule has 1 unspecified atom stereocenters. The number of rotatable bonds is 16. The maximum Gasteiger partial charge on any atom is 0.329 e. The SMILES string of the molecule is C=CC[C@H](C(=O)N1CCC[C@H]1C(=O)OC(CCc1ccc(C)c(C)c1)c1cccc(OCCN2CCOCC2)c1)c1cc(C)c(OC)c(OC)c1. The summed E-state index contributed by atoms with van der Waals surface area (Å²) in [6, 6.07) is 17.5. The van der Waals surface area contributed by atoms with Crippen LogP contribution in [-0.2, 0) is 25.5 Å². The summed E-state index contributed by atoms with van der Waals surface area (Å²) in [4.78, 5) is 32.4. The van der Waals surface area contributed by atoms with E-state index in [1.165, 1.54) is 16.7 Å². The van der Waals surface area contributed by atoms with Gasteiger partial charge in [0, 0.05) is 26.2 Å². The van der Waals surface area contributed by atoms with Crippen LogP contribution in [0.3, 0.4) is 0 Å². The summed E-state index contributed by atoms with van der Waals surface area (Å²) in [5.41, 5.74) is 6.20. The smallest absolute Gasteiger partial charge is 0.329 e. The average Bonchev–Trinajstić information content (AvgIpc) is 3.64. The van der Waals surface area contributed by atoms with Crippen molar-refractivity contribution in [3.05, 3.63) is 101 Å². The summed E-state index contributed by atoms with van der Waals surface area (Å²) in [5.74, 6) is 0.899. The Morgan fingerprint density at radius 1 is 0.941 bits per heavy atom. The Balaban J connectivity index is 1.34. The number of aryl methyl sites for hydroxylation is 4. The third-order valence-electron chi connectivity index (χ3n) is 10.1. The van der Waals surface area contributed by atoms with Crippen molar-refractivity contribution in [3.63, 3.8) is 0 Å². The number of nitrogens with zero attached hydrogens (tertiary/aromatic N) is 2. The van der Waals surface area contributed by atoms with E-state index in [0.29, 0.717) is 43.9 Å². The third kappa shape index (κ3) is 9.71. The molecule has 0 aliphatic carbocycles. The highest BCUT2D eigenvalue weighted by atomic mass is 16.5. The van der Waals surface area contributed by atoms with Crippen LogP contribution in [0, 0.1) is 20.8 Å². The average molecular weight is 699 g/mol. The van der Waals surface area contributed by atoms with Crippen LogP contribution in [0.4, 0.5) is 0 Å². The van der Waals surface area contributed by atoms with Crippen LogP contribution in [-0.4, -0.2) is 87.9 Å². The number of ether oxygens (including phenoxy) is 5. The van der Waals surface area contributed by atoms with Crippen LogP contribution in [0.15, 0.2) is 67.3 Å². The molecule has 3 aromatic rings. The van der Waals surface area contributed by atoms with Crippen molar-refractivity contribution in [2.24, 2.45) is 0 Å². The molecule has 9 heteroatoms. The highest BCUT2D eigenvalue weighted by Crippen LogP contribution is 2.37. The zero-order valence-electron chi connectivity index (χ0n) is 31.0. The van der Waals surface area contributed by atoms with Gasteiger partial charge in [-0.25, -0.2) is 4.79 Å². The molecule has 1 amide bonds. The quantitative estimate of drug-likeness (QED) is 0.118. The molecule has 51 heavy (non-hydrogen) atoms. The Morgan fingerprint density at radius 3 is 2.47 bits per heavy atom. The third-order valence-corrected chi connectivity index (χ3v) is 10.1. The summed E-state index contributed by atoms with van der Waals surface area (Å²) in [6.45, 7) is 15.2. The predicted octanol–water partition coefficient (Wildman–Crippen LogP) is 6.91. The van der Waals surface area contributed by atoms with Crippen LogP contribution in [0.2, 0.25) is 0 Å². The van der Waals surface area contributed by atoms with E-state index in [0.717, 1.165) is 68.1 Å². The first kappa shape index (κ1) is 37.9. The second-order valence-corrected chi connectivity index (χ2v) is 13.6. The molecule has 0 spiro atoms. The number of benzene rings is 3. The molecule has 0 bridgehead atoms. The van der Waals surface area contributed by atoms with Crippen molar-refractivity contribution in [3.8, 4) is 17.2 Å².